The summed E-state index contributed by atoms with van der Waals surface area (Å²) in [7, 11) is 0. The third kappa shape index (κ3) is 3.73. The van der Waals surface area contributed by atoms with Crippen molar-refractivity contribution in [2.24, 2.45) is 11.5 Å². The van der Waals surface area contributed by atoms with Gasteiger partial charge in [-0.2, -0.15) is 0 Å². The van der Waals surface area contributed by atoms with Crippen LogP contribution in [0, 0.1) is 10.8 Å². The van der Waals surface area contributed by atoms with Crippen LogP contribution in [0.1, 0.15) is 16.7 Å². The van der Waals surface area contributed by atoms with Crippen molar-refractivity contribution in [2.45, 2.75) is 6.61 Å². The summed E-state index contributed by atoms with van der Waals surface area (Å²) in [5.74, 6) is 0.519. The van der Waals surface area contributed by atoms with E-state index >= 15 is 0 Å². The summed E-state index contributed by atoms with van der Waals surface area (Å²) >= 11 is 6.08. The molecule has 0 saturated heterocycles. The second kappa shape index (κ2) is 6.28. The molecule has 0 aliphatic heterocycles. The number of hydrogen-bond donors (Lipinski definition) is 4. The van der Waals surface area contributed by atoms with Gasteiger partial charge in [-0.1, -0.05) is 35.9 Å². The molecule has 0 spiro atoms. The van der Waals surface area contributed by atoms with Gasteiger partial charge in [0.05, 0.1) is 5.02 Å². The zero-order valence-corrected chi connectivity index (χ0v) is 11.9. The van der Waals surface area contributed by atoms with Crippen molar-refractivity contribution in [1.82, 2.24) is 0 Å². The topological polar surface area (TPSA) is 109 Å². The van der Waals surface area contributed by atoms with Crippen molar-refractivity contribution in [3.05, 3.63) is 64.2 Å². The van der Waals surface area contributed by atoms with E-state index in [0.29, 0.717) is 28.5 Å². The van der Waals surface area contributed by atoms with Crippen LogP contribution in [0.2, 0.25) is 5.02 Å². The quantitative estimate of drug-likeness (QED) is 0.503. The lowest BCUT2D eigenvalue weighted by molar-refractivity contribution is 0.306. The summed E-state index contributed by atoms with van der Waals surface area (Å²) in [5, 5.41) is 15.1. The highest BCUT2D eigenvalue weighted by molar-refractivity contribution is 6.32. The van der Waals surface area contributed by atoms with Gasteiger partial charge in [0.1, 0.15) is 24.0 Å². The van der Waals surface area contributed by atoms with Crippen molar-refractivity contribution in [1.29, 1.82) is 10.8 Å². The molecule has 2 rings (SSSR count). The summed E-state index contributed by atoms with van der Waals surface area (Å²) in [6.07, 6.45) is 0. The van der Waals surface area contributed by atoms with Crippen molar-refractivity contribution in [3.63, 3.8) is 0 Å². The zero-order valence-electron chi connectivity index (χ0n) is 11.2. The Labute approximate surface area is 127 Å². The summed E-state index contributed by atoms with van der Waals surface area (Å²) in [5.41, 5.74) is 12.9. The van der Waals surface area contributed by atoms with E-state index in [2.05, 4.69) is 0 Å². The van der Waals surface area contributed by atoms with Crippen LogP contribution in [0.5, 0.6) is 5.75 Å². The first-order valence-electron chi connectivity index (χ1n) is 6.17. The highest BCUT2D eigenvalue weighted by Crippen LogP contribution is 2.26. The molecule has 21 heavy (non-hydrogen) atoms. The SMILES string of the molecule is N=C(N)c1ccc(COc2ccc(C(=N)N)cc2Cl)cc1. The molecule has 2 aromatic rings. The number of hydrogen-bond acceptors (Lipinski definition) is 3. The van der Waals surface area contributed by atoms with Crippen molar-refractivity contribution >= 4 is 23.3 Å². The smallest absolute Gasteiger partial charge is 0.138 e. The Kier molecular flexibility index (Phi) is 4.45. The highest BCUT2D eigenvalue weighted by Gasteiger charge is 2.05. The largest absolute Gasteiger partial charge is 0.487 e. The van der Waals surface area contributed by atoms with E-state index in [-0.39, 0.29) is 11.7 Å². The zero-order chi connectivity index (χ0) is 15.4. The summed E-state index contributed by atoms with van der Waals surface area (Å²) in [6.45, 7) is 0.345. The monoisotopic (exact) mass is 302 g/mol. The number of rotatable bonds is 5. The Morgan fingerprint density at radius 2 is 1.52 bits per heavy atom. The minimum atomic E-state index is -0.0386. The van der Waals surface area contributed by atoms with Gasteiger partial charge in [0, 0.05) is 11.1 Å². The second-order valence-electron chi connectivity index (χ2n) is 4.46. The number of nitrogen functional groups attached to an aromatic ring is 2. The van der Waals surface area contributed by atoms with Gasteiger partial charge in [-0.15, -0.1) is 0 Å². The first kappa shape index (κ1) is 14.9. The Morgan fingerprint density at radius 3 is 2.05 bits per heavy atom. The maximum Gasteiger partial charge on any atom is 0.138 e. The van der Waals surface area contributed by atoms with E-state index in [9.17, 15) is 0 Å². The van der Waals surface area contributed by atoms with Crippen LogP contribution in [0.3, 0.4) is 0 Å². The van der Waals surface area contributed by atoms with Crippen molar-refractivity contribution < 1.29 is 4.74 Å². The molecule has 108 valence electrons. The van der Waals surface area contributed by atoms with Crippen molar-refractivity contribution in [2.75, 3.05) is 0 Å². The molecule has 6 heteroatoms. The Morgan fingerprint density at radius 1 is 0.952 bits per heavy atom. The molecule has 0 unspecified atom stereocenters. The lowest BCUT2D eigenvalue weighted by atomic mass is 10.1. The van der Waals surface area contributed by atoms with Gasteiger partial charge in [0.25, 0.3) is 0 Å². The Balaban J connectivity index is 2.06. The number of ether oxygens (including phenoxy) is 1. The number of benzene rings is 2. The normalized spacial score (nSPS) is 10.1. The van der Waals surface area contributed by atoms with E-state index in [1.807, 2.05) is 12.1 Å². The van der Waals surface area contributed by atoms with Crippen LogP contribution in [-0.4, -0.2) is 11.7 Å². The van der Waals surface area contributed by atoms with Crippen LogP contribution in [0.25, 0.3) is 0 Å². The van der Waals surface area contributed by atoms with Crippen LogP contribution >= 0.6 is 11.6 Å². The van der Waals surface area contributed by atoms with E-state index in [1.54, 1.807) is 30.3 Å². The second-order valence-corrected chi connectivity index (χ2v) is 4.87. The fourth-order valence-electron chi connectivity index (χ4n) is 1.73. The molecule has 0 aliphatic carbocycles. The van der Waals surface area contributed by atoms with Crippen LogP contribution in [0.4, 0.5) is 0 Å². The van der Waals surface area contributed by atoms with E-state index in [0.717, 1.165) is 5.56 Å². The number of nitrogens with two attached hydrogens (primary N) is 2. The fraction of sp³-hybridized carbons (Fsp3) is 0.0667. The van der Waals surface area contributed by atoms with Crippen LogP contribution in [0.15, 0.2) is 42.5 Å². The molecule has 0 heterocycles. The number of halogens is 1. The maximum absolute atomic E-state index is 7.34. The molecule has 0 aliphatic rings. The van der Waals surface area contributed by atoms with Crippen molar-refractivity contribution in [3.8, 4) is 5.75 Å². The molecule has 6 N–H and O–H groups in total. The minimum Gasteiger partial charge on any atom is -0.487 e. The number of amidine groups is 2. The Bertz CT molecular complexity index is 683. The van der Waals surface area contributed by atoms with Gasteiger partial charge in [0.2, 0.25) is 0 Å². The lowest BCUT2D eigenvalue weighted by Crippen LogP contribution is -2.11. The van der Waals surface area contributed by atoms with Gasteiger partial charge >= 0.3 is 0 Å². The predicted molar refractivity (Wildman–Crippen MR) is 84.3 cm³/mol. The van der Waals surface area contributed by atoms with E-state index in [4.69, 9.17) is 38.6 Å². The third-order valence-corrected chi connectivity index (χ3v) is 3.20. The molecule has 0 radical (unpaired) electrons. The lowest BCUT2D eigenvalue weighted by Gasteiger charge is -2.09. The van der Waals surface area contributed by atoms with Gasteiger partial charge in [0.15, 0.2) is 0 Å². The molecule has 0 amide bonds. The Hall–Kier alpha value is -2.53. The third-order valence-electron chi connectivity index (χ3n) is 2.90. The highest BCUT2D eigenvalue weighted by atomic mass is 35.5. The van der Waals surface area contributed by atoms with E-state index < -0.39 is 0 Å². The molecule has 0 aromatic heterocycles. The molecular weight excluding hydrogens is 288 g/mol. The molecule has 2 aromatic carbocycles. The average Bonchev–Trinajstić information content (AvgIpc) is 2.46. The fourth-order valence-corrected chi connectivity index (χ4v) is 1.96. The molecule has 0 fully saturated rings. The van der Waals surface area contributed by atoms with Crippen LogP contribution < -0.4 is 16.2 Å². The molecule has 5 nitrogen and oxygen atoms in total. The molecule has 0 atom stereocenters. The first-order chi connectivity index (χ1) is 9.97. The maximum atomic E-state index is 7.34. The summed E-state index contributed by atoms with van der Waals surface area (Å²) in [6, 6.07) is 12.2. The van der Waals surface area contributed by atoms with Gasteiger partial charge in [-0.25, -0.2) is 0 Å². The van der Waals surface area contributed by atoms with Gasteiger partial charge in [-0.3, -0.25) is 10.8 Å². The molecule has 0 bridgehead atoms. The minimum absolute atomic E-state index is 0.0327. The van der Waals surface area contributed by atoms with E-state index in [1.165, 1.54) is 0 Å². The standard InChI is InChI=1S/C15H15ClN4O/c16-12-7-11(15(19)20)5-6-13(12)21-8-9-1-3-10(4-2-9)14(17)18/h1-7H,8H2,(H3,17,18)(H3,19,20). The molecule has 0 saturated carbocycles. The first-order valence-corrected chi connectivity index (χ1v) is 6.55. The predicted octanol–water partition coefficient (Wildman–Crippen LogP) is 2.49. The average molecular weight is 303 g/mol. The molecular formula is C15H15ClN4O. The van der Waals surface area contributed by atoms with Gasteiger partial charge < -0.3 is 16.2 Å². The van der Waals surface area contributed by atoms with Crippen LogP contribution in [-0.2, 0) is 6.61 Å². The summed E-state index contributed by atoms with van der Waals surface area (Å²) < 4.78 is 5.63. The number of nitrogens with one attached hydrogen (secondary N) is 2. The summed E-state index contributed by atoms with van der Waals surface area (Å²) in [4.78, 5) is 0. The van der Waals surface area contributed by atoms with Gasteiger partial charge in [-0.05, 0) is 23.8 Å².